The first-order chi connectivity index (χ1) is 11.2. The van der Waals surface area contributed by atoms with E-state index in [1.54, 1.807) is 0 Å². The van der Waals surface area contributed by atoms with Crippen LogP contribution in [-0.4, -0.2) is 47.0 Å². The molecule has 2 unspecified atom stereocenters. The Balaban J connectivity index is 3.12. The first-order valence-corrected chi connectivity index (χ1v) is 12.6. The maximum absolute atomic E-state index is 11.1. The lowest BCUT2D eigenvalue weighted by Crippen LogP contribution is -2.52. The molecule has 1 aliphatic carbocycles. The summed E-state index contributed by atoms with van der Waals surface area (Å²) in [7, 11) is -11.5. The van der Waals surface area contributed by atoms with Crippen LogP contribution in [0.25, 0.3) is 0 Å². The largest absolute Gasteiger partial charge is 0.330 e. The lowest BCUT2D eigenvalue weighted by Gasteiger charge is -2.42. The van der Waals surface area contributed by atoms with Crippen molar-refractivity contribution in [3.8, 4) is 0 Å². The van der Waals surface area contributed by atoms with Crippen molar-refractivity contribution in [1.29, 1.82) is 0 Å². The second-order valence-corrected chi connectivity index (χ2v) is 9.29. The molecule has 0 saturated heterocycles. The Hall–Kier alpha value is -0.480. The van der Waals surface area contributed by atoms with Gasteiger partial charge in [-0.2, -0.15) is 0 Å². The summed E-state index contributed by atoms with van der Waals surface area (Å²) < 4.78 is 88.5. The van der Waals surface area contributed by atoms with Gasteiger partial charge in [-0.25, -0.2) is 36.5 Å². The van der Waals surface area contributed by atoms with Gasteiger partial charge in [-0.1, -0.05) is 12.8 Å². The lowest BCUT2D eigenvalue weighted by molar-refractivity contribution is 0.0879. The smallest absolute Gasteiger partial charge is 0.273 e. The molecule has 1 fully saturated rings. The van der Waals surface area contributed by atoms with E-state index in [0.29, 0.717) is 12.8 Å². The topological polar surface area (TPSA) is 143 Å². The van der Waals surface area contributed by atoms with Crippen molar-refractivity contribution in [3.63, 3.8) is 0 Å². The number of hydrogen-bond acceptors (Lipinski definition) is 10. The molecule has 0 spiro atoms. The molecule has 0 aromatic heterocycles. The van der Waals surface area contributed by atoms with Crippen molar-refractivity contribution in [2.24, 2.45) is 0 Å². The minimum Gasteiger partial charge on any atom is -0.273 e. The van der Waals surface area contributed by atoms with Gasteiger partial charge in [0.2, 0.25) is 0 Å². The van der Waals surface area contributed by atoms with Crippen molar-refractivity contribution < 1.29 is 36.5 Å². The Morgan fingerprint density at radius 3 is 1.00 bits per heavy atom. The highest BCUT2D eigenvalue weighted by Crippen LogP contribution is 2.32. The van der Waals surface area contributed by atoms with Gasteiger partial charge in [0.15, 0.2) is 0 Å². The zero-order valence-corrected chi connectivity index (χ0v) is 16.3. The fraction of sp³-hybridized carbons (Fsp3) is 1.00. The van der Waals surface area contributed by atoms with E-state index in [1.807, 2.05) is 0 Å². The van der Waals surface area contributed by atoms with Gasteiger partial charge in [0.05, 0.1) is 0 Å². The third kappa shape index (κ3) is 7.60. The molecule has 1 saturated carbocycles. The van der Waals surface area contributed by atoms with Crippen LogP contribution in [0, 0.1) is 0 Å². The minimum atomic E-state index is -2.87. The van der Waals surface area contributed by atoms with Crippen molar-refractivity contribution >= 4 is 30.7 Å². The molecule has 0 amide bonds. The average molecular weight is 418 g/mol. The summed E-state index contributed by atoms with van der Waals surface area (Å²) in [5.74, 6) is 0. The van der Waals surface area contributed by atoms with E-state index in [1.165, 1.54) is 9.80 Å². The maximum Gasteiger partial charge on any atom is 0.330 e. The van der Waals surface area contributed by atoms with Crippen LogP contribution in [0.2, 0.25) is 0 Å². The zero-order valence-electron chi connectivity index (χ0n) is 12.8. The van der Waals surface area contributed by atoms with Gasteiger partial charge in [-0.05, 0) is 12.8 Å². The van der Waals surface area contributed by atoms with Gasteiger partial charge >= 0.3 is 30.7 Å². The summed E-state index contributed by atoms with van der Waals surface area (Å²) >= 11 is 0. The van der Waals surface area contributed by atoms with E-state index >= 15 is 0 Å². The third-order valence-corrected chi connectivity index (χ3v) is 6.20. The monoisotopic (exact) mass is 418 g/mol. The molecule has 1 aliphatic rings. The number of rotatable bonds is 10. The summed E-state index contributed by atoms with van der Waals surface area (Å²) in [4.78, 5) is 2.54. The van der Waals surface area contributed by atoms with Crippen LogP contribution in [0.4, 0.5) is 0 Å². The fourth-order valence-corrected chi connectivity index (χ4v) is 5.79. The van der Waals surface area contributed by atoms with Crippen LogP contribution in [-0.2, 0) is 36.5 Å². The highest BCUT2D eigenvalue weighted by Gasteiger charge is 2.36. The third-order valence-electron chi connectivity index (χ3n) is 3.82. The van der Waals surface area contributed by atoms with Gasteiger partial charge in [0.1, 0.15) is 25.1 Å². The summed E-state index contributed by atoms with van der Waals surface area (Å²) in [6, 6.07) is -1.08. The first-order valence-electron chi connectivity index (χ1n) is 7.16. The zero-order chi connectivity index (χ0) is 18.3. The van der Waals surface area contributed by atoms with Gasteiger partial charge in [-0.3, -0.25) is 9.80 Å². The van der Waals surface area contributed by atoms with Crippen LogP contribution >= 0.6 is 30.7 Å². The Morgan fingerprint density at radius 1 is 0.542 bits per heavy atom. The summed E-state index contributed by atoms with van der Waals surface area (Å²) in [5, 5.41) is 0. The standard InChI is InChI=1S/C10H18N2O8P4/c13-21(14)5-11(6-22(15)16)9-3-1-2-4-10(9)12(7-23(17)18)8-24(19)20/h9-10H,1-8H2. The van der Waals surface area contributed by atoms with E-state index in [2.05, 4.69) is 0 Å². The fourth-order valence-electron chi connectivity index (χ4n) is 3.05. The van der Waals surface area contributed by atoms with Gasteiger partial charge in [0, 0.05) is 12.1 Å². The normalized spacial score (nSPS) is 20.9. The lowest BCUT2D eigenvalue weighted by atomic mass is 9.89. The molecule has 0 aromatic carbocycles. The first kappa shape index (κ1) is 21.6. The van der Waals surface area contributed by atoms with Crippen LogP contribution in [0.3, 0.4) is 0 Å². The maximum atomic E-state index is 11.1. The molecular formula is C10H18N2O8P4. The second kappa shape index (κ2) is 10.5. The predicted octanol–water partition coefficient (Wildman–Crippen LogP) is 3.42. The Morgan fingerprint density at radius 2 is 0.792 bits per heavy atom. The molecule has 14 heteroatoms. The molecule has 10 nitrogen and oxygen atoms in total. The highest BCUT2D eigenvalue weighted by atomic mass is 31.1. The molecule has 136 valence electrons. The summed E-state index contributed by atoms with van der Waals surface area (Å²) in [5.41, 5.74) is 0. The Labute approximate surface area is 140 Å². The van der Waals surface area contributed by atoms with E-state index in [4.69, 9.17) is 0 Å². The molecule has 0 aliphatic heterocycles. The van der Waals surface area contributed by atoms with Crippen molar-refractivity contribution in [2.45, 2.75) is 37.8 Å². The van der Waals surface area contributed by atoms with Crippen LogP contribution in [0.1, 0.15) is 25.7 Å². The summed E-state index contributed by atoms with van der Waals surface area (Å²) in [6.07, 6.45) is 0.508. The molecule has 1 rings (SSSR count). The molecule has 0 aromatic rings. The van der Waals surface area contributed by atoms with Crippen LogP contribution in [0.5, 0.6) is 0 Å². The Bertz CT molecular complexity index is 572. The van der Waals surface area contributed by atoms with Gasteiger partial charge in [0.25, 0.3) is 0 Å². The van der Waals surface area contributed by atoms with E-state index in [-0.39, 0.29) is 0 Å². The van der Waals surface area contributed by atoms with Crippen LogP contribution < -0.4 is 0 Å². The second-order valence-electron chi connectivity index (χ2n) is 5.49. The SMILES string of the molecule is O=P(=O)CN(CP(=O)=O)C1CCCCC1N(CP(=O)=O)CP(=O)=O. The van der Waals surface area contributed by atoms with Gasteiger partial charge < -0.3 is 0 Å². The van der Waals surface area contributed by atoms with Gasteiger partial charge in [-0.15, -0.1) is 0 Å². The quantitative estimate of drug-likeness (QED) is 0.484. The molecule has 0 N–H and O–H groups in total. The minimum absolute atomic E-state index is 0.471. The molecule has 0 heterocycles. The summed E-state index contributed by atoms with van der Waals surface area (Å²) in [6.45, 7) is 0. The van der Waals surface area contributed by atoms with Crippen molar-refractivity contribution in [1.82, 2.24) is 9.80 Å². The van der Waals surface area contributed by atoms with E-state index in [9.17, 15) is 36.5 Å². The Kier molecular flexibility index (Phi) is 9.43. The molecular weight excluding hydrogens is 400 g/mol. The van der Waals surface area contributed by atoms with Crippen LogP contribution in [0.15, 0.2) is 0 Å². The molecule has 24 heavy (non-hydrogen) atoms. The van der Waals surface area contributed by atoms with E-state index < -0.39 is 67.9 Å². The van der Waals surface area contributed by atoms with Crippen molar-refractivity contribution in [3.05, 3.63) is 0 Å². The predicted molar refractivity (Wildman–Crippen MR) is 82.4 cm³/mol. The average Bonchev–Trinajstić information content (AvgIpc) is 2.44. The molecule has 2 atom stereocenters. The molecule has 0 bridgehead atoms. The van der Waals surface area contributed by atoms with E-state index in [0.717, 1.165) is 12.8 Å². The van der Waals surface area contributed by atoms with Crippen molar-refractivity contribution in [2.75, 3.05) is 25.1 Å². The highest BCUT2D eigenvalue weighted by molar-refractivity contribution is 7.32. The number of nitrogens with zero attached hydrogens (tertiary/aromatic N) is 2. The molecule has 0 radical (unpaired) electrons. The number of hydrogen-bond donors (Lipinski definition) is 0.